The molecule has 5 N–H and O–H groups in total. The molecule has 0 saturated carbocycles. The molecule has 1 aromatic carbocycles. The van der Waals surface area contributed by atoms with Crippen LogP contribution in [0.25, 0.3) is 0 Å². The van der Waals surface area contributed by atoms with Crippen LogP contribution in [-0.2, 0) is 4.79 Å². The first-order chi connectivity index (χ1) is 8.22. The highest BCUT2D eigenvalue weighted by atomic mass is 16.6. The number of nitrogens with two attached hydrogens (primary N) is 2. The summed E-state index contributed by atoms with van der Waals surface area (Å²) in [4.78, 5) is 21.3. The van der Waals surface area contributed by atoms with E-state index in [1.54, 1.807) is 19.9 Å². The summed E-state index contributed by atoms with van der Waals surface area (Å²) in [6, 6.07) is 4.18. The molecule has 0 bridgehead atoms. The normalized spacial score (nSPS) is 11.0. The minimum absolute atomic E-state index is 0.102. The van der Waals surface area contributed by atoms with Gasteiger partial charge in [0.05, 0.1) is 10.3 Å². The van der Waals surface area contributed by atoms with Gasteiger partial charge < -0.3 is 16.8 Å². The molecule has 1 aromatic rings. The van der Waals surface area contributed by atoms with E-state index in [-0.39, 0.29) is 17.9 Å². The van der Waals surface area contributed by atoms with Crippen LogP contribution in [-0.4, -0.2) is 17.4 Å². The van der Waals surface area contributed by atoms with Crippen LogP contribution >= 0.6 is 0 Å². The number of carbonyl (C=O) groups is 1. The van der Waals surface area contributed by atoms with E-state index in [2.05, 4.69) is 5.32 Å². The molecule has 7 nitrogen and oxygen atoms in total. The molecule has 0 saturated heterocycles. The molecule has 98 valence electrons. The Kier molecular flexibility index (Phi) is 3.75. The van der Waals surface area contributed by atoms with E-state index in [1.807, 2.05) is 0 Å². The van der Waals surface area contributed by atoms with Crippen molar-refractivity contribution >= 4 is 23.0 Å². The molecule has 0 aliphatic heterocycles. The maximum absolute atomic E-state index is 11.1. The number of hydrogen-bond donors (Lipinski definition) is 3. The van der Waals surface area contributed by atoms with Gasteiger partial charge in [0, 0.05) is 30.1 Å². The summed E-state index contributed by atoms with van der Waals surface area (Å²) in [5.41, 5.74) is 10.7. The largest absolute Gasteiger partial charge is 0.398 e. The SMILES string of the molecule is CC(C)(CNc1cc(N)cc([N+](=O)[O-])c1)C(N)=O. The summed E-state index contributed by atoms with van der Waals surface area (Å²) in [5, 5.41) is 13.6. The average molecular weight is 252 g/mol. The number of hydrogen-bond acceptors (Lipinski definition) is 5. The van der Waals surface area contributed by atoms with Crippen molar-refractivity contribution in [1.82, 2.24) is 0 Å². The predicted octanol–water partition coefficient (Wildman–Crippen LogP) is 1.10. The number of nitro groups is 1. The van der Waals surface area contributed by atoms with Gasteiger partial charge in [-0.1, -0.05) is 0 Å². The first-order valence-electron chi connectivity index (χ1n) is 5.31. The third-order valence-electron chi connectivity index (χ3n) is 2.55. The number of non-ortho nitro benzene ring substituents is 1. The van der Waals surface area contributed by atoms with Gasteiger partial charge in [0.2, 0.25) is 5.91 Å². The molecule has 1 rings (SSSR count). The number of anilines is 2. The summed E-state index contributed by atoms with van der Waals surface area (Å²) in [5.74, 6) is -0.451. The van der Waals surface area contributed by atoms with Crippen molar-refractivity contribution in [2.75, 3.05) is 17.6 Å². The Labute approximate surface area is 104 Å². The van der Waals surface area contributed by atoms with Crippen molar-refractivity contribution in [3.05, 3.63) is 28.3 Å². The number of nitrogens with one attached hydrogen (secondary N) is 1. The third kappa shape index (κ3) is 3.34. The van der Waals surface area contributed by atoms with E-state index in [0.717, 1.165) is 0 Å². The molecule has 0 unspecified atom stereocenters. The quantitative estimate of drug-likeness (QED) is 0.411. The average Bonchev–Trinajstić information content (AvgIpc) is 2.25. The Balaban J connectivity index is 2.86. The zero-order valence-electron chi connectivity index (χ0n) is 10.3. The number of nitrogens with zero attached hydrogens (tertiary/aromatic N) is 1. The lowest BCUT2D eigenvalue weighted by molar-refractivity contribution is -0.384. The van der Waals surface area contributed by atoms with Gasteiger partial charge >= 0.3 is 0 Å². The van der Waals surface area contributed by atoms with Crippen molar-refractivity contribution in [2.45, 2.75) is 13.8 Å². The minimum atomic E-state index is -0.751. The standard InChI is InChI=1S/C11H16N4O3/c1-11(2,10(13)16)6-14-8-3-7(12)4-9(5-8)15(17)18/h3-5,14H,6,12H2,1-2H3,(H2,13,16). The van der Waals surface area contributed by atoms with Gasteiger partial charge in [0.15, 0.2) is 0 Å². The monoisotopic (exact) mass is 252 g/mol. The van der Waals surface area contributed by atoms with E-state index in [4.69, 9.17) is 11.5 Å². The van der Waals surface area contributed by atoms with Crippen molar-refractivity contribution in [1.29, 1.82) is 0 Å². The summed E-state index contributed by atoms with van der Waals surface area (Å²) in [7, 11) is 0. The molecule has 0 radical (unpaired) electrons. The third-order valence-corrected chi connectivity index (χ3v) is 2.55. The summed E-state index contributed by atoms with van der Waals surface area (Å²) in [6.45, 7) is 3.63. The van der Waals surface area contributed by atoms with Crippen LogP contribution in [0.15, 0.2) is 18.2 Å². The van der Waals surface area contributed by atoms with E-state index in [1.165, 1.54) is 12.1 Å². The molecule has 0 spiro atoms. The molecule has 1 amide bonds. The van der Waals surface area contributed by atoms with Crippen LogP contribution in [0.3, 0.4) is 0 Å². The number of rotatable bonds is 5. The number of carbonyl (C=O) groups excluding carboxylic acids is 1. The molecule has 0 fully saturated rings. The summed E-state index contributed by atoms with van der Waals surface area (Å²) in [6.07, 6.45) is 0. The Bertz CT molecular complexity index is 485. The number of amides is 1. The van der Waals surface area contributed by atoms with Gasteiger partial charge in [0.1, 0.15) is 0 Å². The van der Waals surface area contributed by atoms with Gasteiger partial charge in [-0.25, -0.2) is 0 Å². The van der Waals surface area contributed by atoms with Gasteiger partial charge in [0.25, 0.3) is 5.69 Å². The van der Waals surface area contributed by atoms with Crippen molar-refractivity contribution in [2.24, 2.45) is 11.1 Å². The van der Waals surface area contributed by atoms with Crippen molar-refractivity contribution in [3.8, 4) is 0 Å². The number of primary amides is 1. The van der Waals surface area contributed by atoms with E-state index >= 15 is 0 Å². The Morgan fingerprint density at radius 2 is 2.06 bits per heavy atom. The lowest BCUT2D eigenvalue weighted by atomic mass is 9.92. The highest BCUT2D eigenvalue weighted by Crippen LogP contribution is 2.23. The summed E-state index contributed by atoms with van der Waals surface area (Å²) >= 11 is 0. The number of benzene rings is 1. The molecule has 0 heterocycles. The molecular formula is C11H16N4O3. The van der Waals surface area contributed by atoms with E-state index in [0.29, 0.717) is 5.69 Å². The maximum atomic E-state index is 11.1. The zero-order chi connectivity index (χ0) is 13.9. The fourth-order valence-electron chi connectivity index (χ4n) is 1.25. The van der Waals surface area contributed by atoms with E-state index < -0.39 is 16.2 Å². The summed E-state index contributed by atoms with van der Waals surface area (Å²) < 4.78 is 0. The van der Waals surface area contributed by atoms with Gasteiger partial charge in [-0.3, -0.25) is 14.9 Å². The first kappa shape index (κ1) is 13.8. The first-order valence-corrected chi connectivity index (χ1v) is 5.31. The molecule has 0 aromatic heterocycles. The fourth-order valence-corrected chi connectivity index (χ4v) is 1.25. The smallest absolute Gasteiger partial charge is 0.273 e. The van der Waals surface area contributed by atoms with Crippen LogP contribution in [0.5, 0.6) is 0 Å². The fraction of sp³-hybridized carbons (Fsp3) is 0.364. The Hall–Kier alpha value is -2.31. The van der Waals surface area contributed by atoms with Crippen LogP contribution < -0.4 is 16.8 Å². The van der Waals surface area contributed by atoms with Crippen LogP contribution in [0, 0.1) is 15.5 Å². The van der Waals surface area contributed by atoms with Gasteiger partial charge in [-0.05, 0) is 19.9 Å². The Morgan fingerprint density at radius 1 is 1.44 bits per heavy atom. The molecule has 18 heavy (non-hydrogen) atoms. The van der Waals surface area contributed by atoms with Crippen molar-refractivity contribution < 1.29 is 9.72 Å². The van der Waals surface area contributed by atoms with Crippen LogP contribution in [0.1, 0.15) is 13.8 Å². The second-order valence-electron chi connectivity index (χ2n) is 4.67. The highest BCUT2D eigenvalue weighted by Gasteiger charge is 2.24. The minimum Gasteiger partial charge on any atom is -0.398 e. The molecule has 0 aliphatic rings. The van der Waals surface area contributed by atoms with Crippen LogP contribution in [0.2, 0.25) is 0 Å². The second kappa shape index (κ2) is 4.91. The molecule has 7 heteroatoms. The van der Waals surface area contributed by atoms with Crippen LogP contribution in [0.4, 0.5) is 17.1 Å². The molecular weight excluding hydrogens is 236 g/mol. The predicted molar refractivity (Wildman–Crippen MR) is 69.0 cm³/mol. The number of nitrogen functional groups attached to an aromatic ring is 1. The zero-order valence-corrected chi connectivity index (χ0v) is 10.3. The lowest BCUT2D eigenvalue weighted by Crippen LogP contribution is -2.37. The van der Waals surface area contributed by atoms with Crippen molar-refractivity contribution in [3.63, 3.8) is 0 Å². The molecule has 0 aliphatic carbocycles. The van der Waals surface area contributed by atoms with E-state index in [9.17, 15) is 14.9 Å². The topological polar surface area (TPSA) is 124 Å². The maximum Gasteiger partial charge on any atom is 0.273 e. The Morgan fingerprint density at radius 3 is 2.56 bits per heavy atom. The molecule has 0 atom stereocenters. The van der Waals surface area contributed by atoms with Gasteiger partial charge in [-0.15, -0.1) is 0 Å². The lowest BCUT2D eigenvalue weighted by Gasteiger charge is -2.21. The second-order valence-corrected chi connectivity index (χ2v) is 4.67. The number of nitro benzene ring substituents is 1. The van der Waals surface area contributed by atoms with Gasteiger partial charge in [-0.2, -0.15) is 0 Å². The highest BCUT2D eigenvalue weighted by molar-refractivity contribution is 5.80.